The summed E-state index contributed by atoms with van der Waals surface area (Å²) in [5.74, 6) is 0.485. The maximum atomic E-state index is 12.5. The van der Waals surface area contributed by atoms with Crippen molar-refractivity contribution in [3.05, 3.63) is 6.33 Å². The molecule has 0 aliphatic rings. The van der Waals surface area contributed by atoms with Gasteiger partial charge in [0.05, 0.1) is 6.61 Å². The van der Waals surface area contributed by atoms with Gasteiger partial charge >= 0.3 is 6.18 Å². The molecule has 23 heavy (non-hydrogen) atoms. The summed E-state index contributed by atoms with van der Waals surface area (Å²) in [6, 6.07) is 0. The first-order valence-corrected chi connectivity index (χ1v) is 6.67. The van der Waals surface area contributed by atoms with Crippen LogP contribution in [0.3, 0.4) is 0 Å². The van der Waals surface area contributed by atoms with E-state index in [1.54, 1.807) is 19.0 Å². The highest BCUT2D eigenvalue weighted by atomic mass is 19.4. The average molecular weight is 331 g/mol. The van der Waals surface area contributed by atoms with Gasteiger partial charge in [0, 0.05) is 20.6 Å². The maximum Gasteiger partial charge on any atom is 0.405 e. The molecule has 0 radical (unpaired) electrons. The van der Waals surface area contributed by atoms with Crippen LogP contribution in [0.1, 0.15) is 0 Å². The minimum atomic E-state index is -4.39. The number of nitrogens with zero attached hydrogens (tertiary/aromatic N) is 5. The standard InChI is InChI=1S/C12H16F3N7O/c1-22(2)11-20-8-7(10(21-11)17-5-12(13,14)15)18-6-19-9(8)16-3-4-23/h6,23H,3-5H2,1-2H3,(H,16,18,19)(H,17,20,21). The fourth-order valence-electron chi connectivity index (χ4n) is 1.75. The monoisotopic (exact) mass is 331 g/mol. The summed E-state index contributed by atoms with van der Waals surface area (Å²) in [6.07, 6.45) is -3.19. The van der Waals surface area contributed by atoms with Crippen LogP contribution >= 0.6 is 0 Å². The molecule has 2 heterocycles. The number of nitrogens with one attached hydrogen (secondary N) is 2. The Morgan fingerprint density at radius 1 is 1.09 bits per heavy atom. The molecule has 0 unspecified atom stereocenters. The van der Waals surface area contributed by atoms with Crippen molar-refractivity contribution in [1.29, 1.82) is 0 Å². The highest BCUT2D eigenvalue weighted by Crippen LogP contribution is 2.26. The molecule has 0 aromatic carbocycles. The van der Waals surface area contributed by atoms with Gasteiger partial charge in [0.25, 0.3) is 0 Å². The van der Waals surface area contributed by atoms with Gasteiger partial charge < -0.3 is 20.6 Å². The Hall–Kier alpha value is -2.43. The van der Waals surface area contributed by atoms with Crippen LogP contribution in [0.5, 0.6) is 0 Å². The lowest BCUT2D eigenvalue weighted by Crippen LogP contribution is -2.23. The molecule has 2 aromatic rings. The van der Waals surface area contributed by atoms with E-state index in [4.69, 9.17) is 5.11 Å². The van der Waals surface area contributed by atoms with E-state index < -0.39 is 12.7 Å². The Bertz CT molecular complexity index is 677. The summed E-state index contributed by atoms with van der Waals surface area (Å²) < 4.78 is 37.4. The van der Waals surface area contributed by atoms with Gasteiger partial charge in [-0.05, 0) is 0 Å². The third kappa shape index (κ3) is 4.28. The summed E-state index contributed by atoms with van der Waals surface area (Å²) in [4.78, 5) is 17.8. The van der Waals surface area contributed by atoms with E-state index >= 15 is 0 Å². The zero-order valence-electron chi connectivity index (χ0n) is 12.5. The topological polar surface area (TPSA) is 99.1 Å². The number of anilines is 3. The van der Waals surface area contributed by atoms with E-state index in [1.165, 1.54) is 6.33 Å². The highest BCUT2D eigenvalue weighted by molar-refractivity contribution is 5.93. The summed E-state index contributed by atoms with van der Waals surface area (Å²) in [7, 11) is 3.33. The molecule has 0 amide bonds. The zero-order valence-corrected chi connectivity index (χ0v) is 12.5. The van der Waals surface area contributed by atoms with Crippen LogP contribution < -0.4 is 15.5 Å². The smallest absolute Gasteiger partial charge is 0.395 e. The van der Waals surface area contributed by atoms with Gasteiger partial charge in [0.15, 0.2) is 11.6 Å². The van der Waals surface area contributed by atoms with E-state index in [1.807, 2.05) is 0 Å². The SMILES string of the molecule is CN(C)c1nc(NCC(F)(F)F)c2ncnc(NCCO)c2n1. The highest BCUT2D eigenvalue weighted by Gasteiger charge is 2.27. The van der Waals surface area contributed by atoms with Crippen molar-refractivity contribution in [2.24, 2.45) is 0 Å². The van der Waals surface area contributed by atoms with Gasteiger partial charge in [-0.1, -0.05) is 0 Å². The largest absolute Gasteiger partial charge is 0.405 e. The molecule has 0 fully saturated rings. The minimum absolute atomic E-state index is 0.0366. The van der Waals surface area contributed by atoms with Crippen molar-refractivity contribution in [3.63, 3.8) is 0 Å². The number of aliphatic hydroxyl groups is 1. The van der Waals surface area contributed by atoms with E-state index in [9.17, 15) is 13.2 Å². The molecular formula is C12H16F3N7O. The second kappa shape index (κ2) is 6.77. The number of rotatable bonds is 6. The van der Waals surface area contributed by atoms with Gasteiger partial charge in [0.2, 0.25) is 5.95 Å². The molecule has 8 nitrogen and oxygen atoms in total. The van der Waals surface area contributed by atoms with Crippen LogP contribution in [0.4, 0.5) is 30.8 Å². The average Bonchev–Trinajstić information content (AvgIpc) is 2.49. The Morgan fingerprint density at radius 3 is 2.43 bits per heavy atom. The van der Waals surface area contributed by atoms with E-state index in [0.717, 1.165) is 0 Å². The molecular weight excluding hydrogens is 315 g/mol. The zero-order chi connectivity index (χ0) is 17.0. The van der Waals surface area contributed by atoms with E-state index in [0.29, 0.717) is 5.82 Å². The van der Waals surface area contributed by atoms with Gasteiger partial charge in [-0.3, -0.25) is 0 Å². The first-order chi connectivity index (χ1) is 10.8. The van der Waals surface area contributed by atoms with Crippen molar-refractivity contribution in [2.75, 3.05) is 49.3 Å². The van der Waals surface area contributed by atoms with E-state index in [-0.39, 0.29) is 36.0 Å². The van der Waals surface area contributed by atoms with Gasteiger partial charge in [-0.25, -0.2) is 15.0 Å². The number of aliphatic hydroxyl groups excluding tert-OH is 1. The number of fused-ring (bicyclic) bond motifs is 1. The number of halogens is 3. The van der Waals surface area contributed by atoms with Crippen molar-refractivity contribution in [3.8, 4) is 0 Å². The molecule has 2 aromatic heterocycles. The molecule has 126 valence electrons. The summed E-state index contributed by atoms with van der Waals surface area (Å²) in [5, 5.41) is 14.0. The van der Waals surface area contributed by atoms with Crippen LogP contribution in [0.25, 0.3) is 11.0 Å². The molecule has 0 atom stereocenters. The maximum absolute atomic E-state index is 12.5. The van der Waals surface area contributed by atoms with Crippen LogP contribution in [0, 0.1) is 0 Å². The first kappa shape index (κ1) is 16.9. The van der Waals surface area contributed by atoms with Gasteiger partial charge in [-0.15, -0.1) is 0 Å². The van der Waals surface area contributed by atoms with Crippen LogP contribution in [-0.4, -0.2) is 65.0 Å². The Balaban J connectivity index is 2.51. The molecule has 0 saturated heterocycles. The predicted molar refractivity (Wildman–Crippen MR) is 79.6 cm³/mol. The molecule has 0 bridgehead atoms. The van der Waals surface area contributed by atoms with Gasteiger partial charge in [-0.2, -0.15) is 18.2 Å². The minimum Gasteiger partial charge on any atom is -0.395 e. The Morgan fingerprint density at radius 2 is 1.83 bits per heavy atom. The second-order valence-electron chi connectivity index (χ2n) is 4.81. The molecule has 11 heteroatoms. The quantitative estimate of drug-likeness (QED) is 0.717. The number of hydrogen-bond donors (Lipinski definition) is 3. The molecule has 0 spiro atoms. The lowest BCUT2D eigenvalue weighted by molar-refractivity contribution is -0.115. The summed E-state index contributed by atoms with van der Waals surface area (Å²) >= 11 is 0. The molecule has 3 N–H and O–H groups in total. The molecule has 2 rings (SSSR count). The second-order valence-corrected chi connectivity index (χ2v) is 4.81. The summed E-state index contributed by atoms with van der Waals surface area (Å²) in [6.45, 7) is -1.15. The van der Waals surface area contributed by atoms with E-state index in [2.05, 4.69) is 30.6 Å². The predicted octanol–water partition coefficient (Wildman–Crippen LogP) is 0.864. The number of aromatic nitrogens is 4. The molecule has 0 aliphatic carbocycles. The van der Waals surface area contributed by atoms with Crippen LogP contribution in [-0.2, 0) is 0 Å². The van der Waals surface area contributed by atoms with Crippen molar-refractivity contribution < 1.29 is 18.3 Å². The Labute approximate surface area is 129 Å². The van der Waals surface area contributed by atoms with Gasteiger partial charge in [0.1, 0.15) is 23.9 Å². The van der Waals surface area contributed by atoms with Crippen LogP contribution in [0.15, 0.2) is 6.33 Å². The first-order valence-electron chi connectivity index (χ1n) is 6.67. The van der Waals surface area contributed by atoms with Crippen molar-refractivity contribution >= 4 is 28.6 Å². The fraction of sp³-hybridized carbons (Fsp3) is 0.500. The number of hydrogen-bond acceptors (Lipinski definition) is 8. The lowest BCUT2D eigenvalue weighted by atomic mass is 10.3. The van der Waals surface area contributed by atoms with Crippen molar-refractivity contribution in [1.82, 2.24) is 19.9 Å². The molecule has 0 aliphatic heterocycles. The third-order valence-electron chi connectivity index (χ3n) is 2.73. The number of alkyl halides is 3. The van der Waals surface area contributed by atoms with Crippen molar-refractivity contribution in [2.45, 2.75) is 6.18 Å². The molecule has 0 saturated carbocycles. The third-order valence-corrected chi connectivity index (χ3v) is 2.73. The lowest BCUT2D eigenvalue weighted by Gasteiger charge is -2.16. The normalized spacial score (nSPS) is 11.6. The van der Waals surface area contributed by atoms with Crippen LogP contribution in [0.2, 0.25) is 0 Å². The fourth-order valence-corrected chi connectivity index (χ4v) is 1.75. The summed E-state index contributed by atoms with van der Waals surface area (Å²) in [5.41, 5.74) is 0.430. The Kier molecular flexibility index (Phi) is 4.98.